The third-order valence-electron chi connectivity index (χ3n) is 3.62. The Morgan fingerprint density at radius 2 is 1.95 bits per heavy atom. The van der Waals surface area contributed by atoms with Crippen LogP contribution in [0.25, 0.3) is 0 Å². The van der Waals surface area contributed by atoms with E-state index in [1.54, 1.807) is 17.2 Å². The van der Waals surface area contributed by atoms with Crippen LogP contribution >= 0.6 is 11.6 Å². The summed E-state index contributed by atoms with van der Waals surface area (Å²) in [7, 11) is 1.82. The van der Waals surface area contributed by atoms with Crippen molar-refractivity contribution in [1.82, 2.24) is 14.9 Å². The van der Waals surface area contributed by atoms with Crippen molar-refractivity contribution in [3.05, 3.63) is 53.4 Å². The molecule has 1 unspecified atom stereocenters. The van der Waals surface area contributed by atoms with E-state index in [1.165, 1.54) is 0 Å². The second kappa shape index (κ2) is 5.69. The maximum atomic E-state index is 12.6. The van der Waals surface area contributed by atoms with Crippen LogP contribution in [0.4, 0.5) is 5.82 Å². The lowest BCUT2D eigenvalue weighted by molar-refractivity contribution is -0.133. The Balaban J connectivity index is 2.03. The first-order valence-electron chi connectivity index (χ1n) is 6.72. The van der Waals surface area contributed by atoms with Gasteiger partial charge in [0.2, 0.25) is 11.2 Å². The molecule has 1 aromatic heterocycles. The number of anilines is 1. The quantitative estimate of drug-likeness (QED) is 0.798. The van der Waals surface area contributed by atoms with E-state index in [2.05, 4.69) is 9.97 Å². The summed E-state index contributed by atoms with van der Waals surface area (Å²) >= 11 is 5.88. The molecule has 1 saturated heterocycles. The van der Waals surface area contributed by atoms with Crippen molar-refractivity contribution < 1.29 is 4.79 Å². The highest BCUT2D eigenvalue weighted by atomic mass is 35.5. The zero-order chi connectivity index (χ0) is 14.8. The van der Waals surface area contributed by atoms with Crippen LogP contribution in [0.3, 0.4) is 0 Å². The van der Waals surface area contributed by atoms with Crippen LogP contribution in [0, 0.1) is 0 Å². The monoisotopic (exact) mass is 302 g/mol. The summed E-state index contributed by atoms with van der Waals surface area (Å²) in [5.74, 6) is 0.729. The van der Waals surface area contributed by atoms with Gasteiger partial charge in [0.1, 0.15) is 11.9 Å². The third-order valence-corrected chi connectivity index (χ3v) is 3.80. The first-order valence-corrected chi connectivity index (χ1v) is 7.10. The minimum absolute atomic E-state index is 0.0576. The Bertz CT molecular complexity index is 649. The fourth-order valence-corrected chi connectivity index (χ4v) is 2.67. The Morgan fingerprint density at radius 1 is 1.19 bits per heavy atom. The molecule has 21 heavy (non-hydrogen) atoms. The van der Waals surface area contributed by atoms with Crippen molar-refractivity contribution in [3.8, 4) is 0 Å². The molecular weight excluding hydrogens is 288 g/mol. The van der Waals surface area contributed by atoms with E-state index in [0.29, 0.717) is 18.9 Å². The molecule has 0 aliphatic carbocycles. The molecule has 3 rings (SSSR count). The van der Waals surface area contributed by atoms with Crippen LogP contribution in [0.2, 0.25) is 5.28 Å². The Hall–Kier alpha value is -2.14. The van der Waals surface area contributed by atoms with Crippen LogP contribution in [-0.4, -0.2) is 40.9 Å². The van der Waals surface area contributed by atoms with E-state index >= 15 is 0 Å². The van der Waals surface area contributed by atoms with E-state index in [0.717, 1.165) is 5.56 Å². The summed E-state index contributed by atoms with van der Waals surface area (Å²) in [5, 5.41) is 0.186. The highest BCUT2D eigenvalue weighted by Crippen LogP contribution is 2.30. The van der Waals surface area contributed by atoms with Crippen molar-refractivity contribution in [2.45, 2.75) is 6.04 Å². The van der Waals surface area contributed by atoms with E-state index in [4.69, 9.17) is 11.6 Å². The van der Waals surface area contributed by atoms with Crippen molar-refractivity contribution >= 4 is 23.3 Å². The number of benzene rings is 1. The standard InChI is InChI=1S/C15H15ClN4O/c1-19-9-10-20(12-7-8-17-15(16)18-12)13(14(19)21)11-5-3-2-4-6-11/h2-8,13H,9-10H2,1H3. The molecule has 0 bridgehead atoms. The van der Waals surface area contributed by atoms with Gasteiger partial charge in [-0.25, -0.2) is 9.97 Å². The third kappa shape index (κ3) is 2.69. The average Bonchev–Trinajstić information content (AvgIpc) is 2.50. The predicted octanol–water partition coefficient (Wildman–Crippen LogP) is 2.15. The number of carbonyl (C=O) groups excluding carboxylic acids is 1. The first-order chi connectivity index (χ1) is 10.2. The topological polar surface area (TPSA) is 49.3 Å². The fourth-order valence-electron chi connectivity index (χ4n) is 2.53. The van der Waals surface area contributed by atoms with E-state index in [-0.39, 0.29) is 17.2 Å². The van der Waals surface area contributed by atoms with Gasteiger partial charge in [-0.05, 0) is 23.2 Å². The zero-order valence-corrected chi connectivity index (χ0v) is 12.4. The van der Waals surface area contributed by atoms with Gasteiger partial charge in [-0.15, -0.1) is 0 Å². The molecule has 1 aliphatic rings. The number of carbonyl (C=O) groups is 1. The summed E-state index contributed by atoms with van der Waals surface area (Å²) in [6, 6.07) is 11.1. The van der Waals surface area contributed by atoms with Gasteiger partial charge in [0.15, 0.2) is 0 Å². The molecule has 1 aromatic carbocycles. The molecule has 5 nitrogen and oxygen atoms in total. The van der Waals surface area contributed by atoms with Crippen molar-refractivity contribution in [2.24, 2.45) is 0 Å². The van der Waals surface area contributed by atoms with Crippen LogP contribution in [0.5, 0.6) is 0 Å². The molecule has 6 heteroatoms. The molecule has 1 aliphatic heterocycles. The SMILES string of the molecule is CN1CCN(c2ccnc(Cl)n2)C(c2ccccc2)C1=O. The smallest absolute Gasteiger partial charge is 0.249 e. The zero-order valence-electron chi connectivity index (χ0n) is 11.6. The first kappa shape index (κ1) is 13.8. The van der Waals surface area contributed by atoms with Crippen LogP contribution in [-0.2, 0) is 4.79 Å². The number of hydrogen-bond donors (Lipinski definition) is 0. The highest BCUT2D eigenvalue weighted by molar-refractivity contribution is 6.28. The van der Waals surface area contributed by atoms with Crippen LogP contribution < -0.4 is 4.90 Å². The second-order valence-electron chi connectivity index (χ2n) is 4.95. The Labute approximate surface area is 128 Å². The van der Waals surface area contributed by atoms with Gasteiger partial charge >= 0.3 is 0 Å². The van der Waals surface area contributed by atoms with Crippen LogP contribution in [0.1, 0.15) is 11.6 Å². The average molecular weight is 303 g/mol. The predicted molar refractivity (Wildman–Crippen MR) is 81.2 cm³/mol. The lowest BCUT2D eigenvalue weighted by Crippen LogP contribution is -2.51. The molecule has 1 atom stereocenters. The number of rotatable bonds is 2. The largest absolute Gasteiger partial charge is 0.342 e. The molecule has 0 saturated carbocycles. The van der Waals surface area contributed by atoms with Gasteiger partial charge in [-0.3, -0.25) is 4.79 Å². The van der Waals surface area contributed by atoms with Crippen LogP contribution in [0.15, 0.2) is 42.6 Å². The molecule has 1 amide bonds. The number of likely N-dealkylation sites (N-methyl/N-ethyl adjacent to an activating group) is 1. The summed E-state index contributed by atoms with van der Waals surface area (Å²) in [4.78, 5) is 24.5. The van der Waals surface area contributed by atoms with E-state index in [9.17, 15) is 4.79 Å². The number of hydrogen-bond acceptors (Lipinski definition) is 4. The maximum absolute atomic E-state index is 12.6. The lowest BCUT2D eigenvalue weighted by Gasteiger charge is -2.40. The summed E-state index contributed by atoms with van der Waals surface area (Å²) in [6.07, 6.45) is 1.61. The molecule has 2 aromatic rings. The maximum Gasteiger partial charge on any atom is 0.249 e. The van der Waals surface area contributed by atoms with Gasteiger partial charge in [-0.1, -0.05) is 30.3 Å². The molecule has 2 heterocycles. The Morgan fingerprint density at radius 3 is 2.67 bits per heavy atom. The highest BCUT2D eigenvalue weighted by Gasteiger charge is 2.35. The number of amides is 1. The Kier molecular flexibility index (Phi) is 3.75. The minimum atomic E-state index is -0.379. The molecule has 0 spiro atoms. The molecule has 0 N–H and O–H groups in total. The van der Waals surface area contributed by atoms with Crippen molar-refractivity contribution in [3.63, 3.8) is 0 Å². The van der Waals surface area contributed by atoms with Gasteiger partial charge in [-0.2, -0.15) is 0 Å². The second-order valence-corrected chi connectivity index (χ2v) is 5.29. The normalized spacial score (nSPS) is 19.0. The van der Waals surface area contributed by atoms with Gasteiger partial charge < -0.3 is 9.80 Å². The number of nitrogens with zero attached hydrogens (tertiary/aromatic N) is 4. The molecule has 0 radical (unpaired) electrons. The van der Waals surface area contributed by atoms with E-state index in [1.807, 2.05) is 42.3 Å². The summed E-state index contributed by atoms with van der Waals surface area (Å²) in [6.45, 7) is 1.36. The molecule has 1 fully saturated rings. The number of halogens is 1. The molecule has 108 valence electrons. The lowest BCUT2D eigenvalue weighted by atomic mass is 10.0. The fraction of sp³-hybridized carbons (Fsp3) is 0.267. The van der Waals surface area contributed by atoms with E-state index < -0.39 is 0 Å². The van der Waals surface area contributed by atoms with Gasteiger partial charge in [0.25, 0.3) is 0 Å². The number of piperazine rings is 1. The number of aromatic nitrogens is 2. The van der Waals surface area contributed by atoms with Gasteiger partial charge in [0, 0.05) is 26.3 Å². The minimum Gasteiger partial charge on any atom is -0.342 e. The van der Waals surface area contributed by atoms with Gasteiger partial charge in [0.05, 0.1) is 0 Å². The summed E-state index contributed by atoms with van der Waals surface area (Å²) < 4.78 is 0. The van der Waals surface area contributed by atoms with Crippen molar-refractivity contribution in [1.29, 1.82) is 0 Å². The summed E-state index contributed by atoms with van der Waals surface area (Å²) in [5.41, 5.74) is 0.948. The van der Waals surface area contributed by atoms with Crippen molar-refractivity contribution in [2.75, 3.05) is 25.0 Å². The molecular formula is C15H15ClN4O.